The number of rotatable bonds is 8. The SMILES string of the molecule is CC12CC[C@H]3[C@@H](CC[C@H]4C[C@H](O)CC[C@@]43C)[C@@H]1CC[C@@H]2OCCCC(=O)N1CCN(C(=O)c2cc(Cc3n[nH]c(=O)c4ccccc34)ccc2F)CC1. The second-order valence-electron chi connectivity index (χ2n) is 17.4. The van der Waals surface area contributed by atoms with Gasteiger partial charge in [-0.25, -0.2) is 9.49 Å². The van der Waals surface area contributed by atoms with Gasteiger partial charge in [-0.1, -0.05) is 38.1 Å². The molecule has 2 aromatic carbocycles. The summed E-state index contributed by atoms with van der Waals surface area (Å²) in [5.74, 6) is 2.03. The molecule has 2 amide bonds. The van der Waals surface area contributed by atoms with Crippen LogP contribution in [0.2, 0.25) is 0 Å². The molecule has 0 spiro atoms. The number of ether oxygens (including phenoxy) is 1. The van der Waals surface area contributed by atoms with Crippen molar-refractivity contribution in [3.05, 3.63) is 75.5 Å². The standard InChI is InChI=1S/C43H55FN4O5/c1-42-17-15-29(49)26-28(42)10-11-32-34-12-14-38(43(34,2)18-16-35(32)42)53-23-5-8-39(50)47-19-21-48(22-20-47)41(52)33-24-27(9-13-36(33)44)25-37-30-6-3-4-7-31(30)40(51)46-45-37/h3-4,6-7,9,13,24,28-29,32,34-35,38,49H,5,8,10-12,14-23,25-26H2,1-2H3,(H,46,51)/t28-,29+,32-,34-,35-,38-,42-,43?/m0/s1. The summed E-state index contributed by atoms with van der Waals surface area (Å²) in [6.07, 6.45) is 12.1. The van der Waals surface area contributed by atoms with E-state index in [4.69, 9.17) is 4.74 Å². The number of nitrogens with zero attached hydrogens (tertiary/aromatic N) is 3. The molecule has 1 aliphatic heterocycles. The predicted molar refractivity (Wildman–Crippen MR) is 201 cm³/mol. The maximum atomic E-state index is 15.0. The quantitative estimate of drug-likeness (QED) is 0.256. The Morgan fingerprint density at radius 2 is 1.66 bits per heavy atom. The van der Waals surface area contributed by atoms with Crippen LogP contribution < -0.4 is 5.56 Å². The van der Waals surface area contributed by atoms with E-state index in [-0.39, 0.29) is 40.6 Å². The van der Waals surface area contributed by atoms with E-state index in [1.165, 1.54) is 44.6 Å². The minimum absolute atomic E-state index is 0.000181. The summed E-state index contributed by atoms with van der Waals surface area (Å²) in [6.45, 7) is 7.14. The fraction of sp³-hybridized carbons (Fsp3) is 0.628. The number of carbonyl (C=O) groups excluding carboxylic acids is 2. The van der Waals surface area contributed by atoms with Crippen molar-refractivity contribution < 1.29 is 23.8 Å². The lowest BCUT2D eigenvalue weighted by molar-refractivity contribution is -0.142. The van der Waals surface area contributed by atoms with Crippen molar-refractivity contribution in [1.29, 1.82) is 0 Å². The van der Waals surface area contributed by atoms with E-state index in [0.29, 0.717) is 85.9 Å². The maximum Gasteiger partial charge on any atom is 0.272 e. The Labute approximate surface area is 311 Å². The number of carbonyl (C=O) groups is 2. The molecule has 5 fully saturated rings. The topological polar surface area (TPSA) is 116 Å². The first-order valence-corrected chi connectivity index (χ1v) is 20.2. The Morgan fingerprint density at radius 3 is 2.47 bits per heavy atom. The minimum atomic E-state index is -0.585. The largest absolute Gasteiger partial charge is 0.393 e. The van der Waals surface area contributed by atoms with Gasteiger partial charge in [0.15, 0.2) is 0 Å². The van der Waals surface area contributed by atoms with Gasteiger partial charge in [-0.2, -0.15) is 5.10 Å². The van der Waals surface area contributed by atoms with Crippen molar-refractivity contribution in [2.45, 2.75) is 103 Å². The molecule has 10 heteroatoms. The average Bonchev–Trinajstić information content (AvgIpc) is 3.51. The van der Waals surface area contributed by atoms with Gasteiger partial charge < -0.3 is 19.6 Å². The lowest BCUT2D eigenvalue weighted by Crippen LogP contribution is -2.54. The summed E-state index contributed by atoms with van der Waals surface area (Å²) in [4.78, 5) is 42.3. The molecular weight excluding hydrogens is 671 g/mol. The van der Waals surface area contributed by atoms with Crippen LogP contribution in [0.1, 0.15) is 106 Å². The third-order valence-electron chi connectivity index (χ3n) is 14.7. The lowest BCUT2D eigenvalue weighted by atomic mass is 9.45. The number of fused-ring (bicyclic) bond motifs is 6. The van der Waals surface area contributed by atoms with Gasteiger partial charge in [0.1, 0.15) is 5.82 Å². The van der Waals surface area contributed by atoms with Crippen LogP contribution in [-0.2, 0) is 16.0 Å². The molecule has 8 rings (SSSR count). The van der Waals surface area contributed by atoms with Crippen molar-refractivity contribution in [1.82, 2.24) is 20.0 Å². The second kappa shape index (κ2) is 14.5. The van der Waals surface area contributed by atoms with Gasteiger partial charge in [0.2, 0.25) is 5.91 Å². The normalized spacial score (nSPS) is 32.6. The van der Waals surface area contributed by atoms with E-state index in [0.717, 1.165) is 36.5 Å². The van der Waals surface area contributed by atoms with Gasteiger partial charge in [0.25, 0.3) is 11.5 Å². The first-order chi connectivity index (χ1) is 25.5. The van der Waals surface area contributed by atoms with Crippen LogP contribution in [0, 0.1) is 40.3 Å². The van der Waals surface area contributed by atoms with Crippen molar-refractivity contribution in [2.24, 2.45) is 34.5 Å². The van der Waals surface area contributed by atoms with Gasteiger partial charge in [-0.05, 0) is 122 Å². The number of hydrogen-bond acceptors (Lipinski definition) is 6. The molecule has 2 heterocycles. The van der Waals surface area contributed by atoms with Gasteiger partial charge in [0.05, 0.1) is 28.9 Å². The number of aromatic amines is 1. The maximum absolute atomic E-state index is 15.0. The molecule has 8 atom stereocenters. The summed E-state index contributed by atoms with van der Waals surface area (Å²) in [5.41, 5.74) is 1.67. The Bertz CT molecular complexity index is 1910. The molecule has 4 saturated carbocycles. The van der Waals surface area contributed by atoms with Gasteiger partial charge in [0, 0.05) is 51.0 Å². The Hall–Kier alpha value is -3.63. The summed E-state index contributed by atoms with van der Waals surface area (Å²) < 4.78 is 21.6. The number of H-pyrrole nitrogens is 1. The number of halogens is 1. The van der Waals surface area contributed by atoms with Crippen molar-refractivity contribution in [3.63, 3.8) is 0 Å². The van der Waals surface area contributed by atoms with Crippen LogP contribution in [0.4, 0.5) is 4.39 Å². The van der Waals surface area contributed by atoms with E-state index < -0.39 is 5.82 Å². The van der Waals surface area contributed by atoms with Gasteiger partial charge in [-0.15, -0.1) is 0 Å². The first kappa shape index (κ1) is 36.4. The van der Waals surface area contributed by atoms with Crippen molar-refractivity contribution in [2.75, 3.05) is 32.8 Å². The zero-order valence-corrected chi connectivity index (χ0v) is 31.3. The molecule has 9 nitrogen and oxygen atoms in total. The molecule has 3 aromatic rings. The molecule has 53 heavy (non-hydrogen) atoms. The molecule has 5 aliphatic rings. The number of hydrogen-bond donors (Lipinski definition) is 2. The van der Waals surface area contributed by atoms with E-state index in [9.17, 15) is 23.9 Å². The number of piperazine rings is 1. The lowest BCUT2D eigenvalue weighted by Gasteiger charge is -2.60. The van der Waals surface area contributed by atoms with Gasteiger partial charge >= 0.3 is 0 Å². The highest BCUT2D eigenvalue weighted by Gasteiger charge is 2.60. The monoisotopic (exact) mass is 726 g/mol. The minimum Gasteiger partial charge on any atom is -0.393 e. The molecular formula is C43H55FN4O5. The zero-order chi connectivity index (χ0) is 36.9. The Kier molecular flexibility index (Phi) is 9.98. The highest BCUT2D eigenvalue weighted by atomic mass is 19.1. The van der Waals surface area contributed by atoms with Crippen molar-refractivity contribution >= 4 is 22.6 Å². The number of benzene rings is 2. The van der Waals surface area contributed by atoms with E-state index >= 15 is 0 Å². The second-order valence-corrected chi connectivity index (χ2v) is 17.4. The molecule has 0 bridgehead atoms. The smallest absolute Gasteiger partial charge is 0.272 e. The summed E-state index contributed by atoms with van der Waals surface area (Å²) in [5, 5.41) is 18.4. The molecule has 2 N–H and O–H groups in total. The Balaban J connectivity index is 0.804. The fourth-order valence-corrected chi connectivity index (χ4v) is 11.7. The van der Waals surface area contributed by atoms with Gasteiger partial charge in [-0.3, -0.25) is 14.4 Å². The summed E-state index contributed by atoms with van der Waals surface area (Å²) >= 11 is 0. The highest BCUT2D eigenvalue weighted by molar-refractivity contribution is 5.95. The molecule has 1 saturated heterocycles. The number of nitrogens with one attached hydrogen (secondary N) is 1. The highest BCUT2D eigenvalue weighted by Crippen LogP contribution is 2.66. The first-order valence-electron chi connectivity index (χ1n) is 20.2. The summed E-state index contributed by atoms with van der Waals surface area (Å²) in [7, 11) is 0. The number of aliphatic hydroxyl groups is 1. The number of aromatic nitrogens is 2. The molecule has 1 unspecified atom stereocenters. The van der Waals surface area contributed by atoms with Crippen LogP contribution >= 0.6 is 0 Å². The summed E-state index contributed by atoms with van der Waals surface area (Å²) in [6, 6.07) is 11.7. The van der Waals surface area contributed by atoms with E-state index in [1.54, 1.807) is 29.2 Å². The van der Waals surface area contributed by atoms with E-state index in [2.05, 4.69) is 24.0 Å². The third kappa shape index (κ3) is 6.72. The van der Waals surface area contributed by atoms with Crippen molar-refractivity contribution in [3.8, 4) is 0 Å². The fourth-order valence-electron chi connectivity index (χ4n) is 11.7. The molecule has 1 aromatic heterocycles. The zero-order valence-electron chi connectivity index (χ0n) is 31.3. The van der Waals surface area contributed by atoms with Crippen LogP contribution in [0.25, 0.3) is 10.8 Å². The number of aliphatic hydroxyl groups excluding tert-OH is 1. The van der Waals surface area contributed by atoms with Crippen LogP contribution in [0.3, 0.4) is 0 Å². The number of amides is 2. The molecule has 284 valence electrons. The molecule has 0 radical (unpaired) electrons. The molecule has 4 aliphatic carbocycles. The van der Waals surface area contributed by atoms with E-state index in [1.807, 2.05) is 17.0 Å². The predicted octanol–water partition coefficient (Wildman–Crippen LogP) is 6.51. The van der Waals surface area contributed by atoms with Crippen LogP contribution in [0.15, 0.2) is 47.3 Å². The third-order valence-corrected chi connectivity index (χ3v) is 14.7. The Morgan fingerprint density at radius 1 is 0.925 bits per heavy atom. The average molecular weight is 727 g/mol. The van der Waals surface area contributed by atoms with Crippen LogP contribution in [-0.4, -0.2) is 81.9 Å². The van der Waals surface area contributed by atoms with Crippen LogP contribution in [0.5, 0.6) is 0 Å².